The first-order valence-electron chi connectivity index (χ1n) is 7.00. The normalized spacial score (nSPS) is 39.8. The molecule has 0 aromatic carbocycles. The molecular weight excluding hydrogens is 232 g/mol. The van der Waals surface area contributed by atoms with Crippen LogP contribution in [0.2, 0.25) is 0 Å². The molecule has 0 unspecified atom stereocenters. The van der Waals surface area contributed by atoms with Crippen molar-refractivity contribution in [1.82, 2.24) is 0 Å². The highest BCUT2D eigenvalue weighted by atomic mass is 16.6. The standard InChI is InChI=1S/C14H26O4/c1-9(2)5-14(18-6-10(3)4)8-17-12-11(15)7-16-13(12)14/h9-13,15H,5-8H2,1-4H3/t11-,12-,13+,14+/m1/s1. The Morgan fingerprint density at radius 2 is 1.94 bits per heavy atom. The van der Waals surface area contributed by atoms with Crippen LogP contribution in [-0.2, 0) is 14.2 Å². The number of rotatable bonds is 5. The van der Waals surface area contributed by atoms with E-state index in [9.17, 15) is 5.11 Å². The number of aliphatic hydroxyl groups is 1. The molecule has 2 heterocycles. The molecular formula is C14H26O4. The fourth-order valence-electron chi connectivity index (χ4n) is 2.94. The molecule has 106 valence electrons. The van der Waals surface area contributed by atoms with Crippen molar-refractivity contribution < 1.29 is 19.3 Å². The van der Waals surface area contributed by atoms with Crippen molar-refractivity contribution in [3.63, 3.8) is 0 Å². The third kappa shape index (κ3) is 2.72. The van der Waals surface area contributed by atoms with E-state index in [0.717, 1.165) is 6.42 Å². The summed E-state index contributed by atoms with van der Waals surface area (Å²) in [5.74, 6) is 1.00. The summed E-state index contributed by atoms with van der Waals surface area (Å²) in [6.07, 6.45) is 0.0735. The van der Waals surface area contributed by atoms with Crippen molar-refractivity contribution in [2.45, 2.75) is 58.0 Å². The van der Waals surface area contributed by atoms with Crippen LogP contribution < -0.4 is 0 Å². The fourth-order valence-corrected chi connectivity index (χ4v) is 2.94. The topological polar surface area (TPSA) is 47.9 Å². The van der Waals surface area contributed by atoms with E-state index in [1.807, 2.05) is 0 Å². The van der Waals surface area contributed by atoms with Gasteiger partial charge in [0.1, 0.15) is 23.9 Å². The van der Waals surface area contributed by atoms with E-state index in [1.54, 1.807) is 0 Å². The fraction of sp³-hybridized carbons (Fsp3) is 1.00. The molecule has 4 nitrogen and oxygen atoms in total. The second-order valence-corrected chi connectivity index (χ2v) is 6.46. The highest BCUT2D eigenvalue weighted by Gasteiger charge is 2.57. The van der Waals surface area contributed by atoms with Gasteiger partial charge in [-0.15, -0.1) is 0 Å². The maximum absolute atomic E-state index is 9.84. The molecule has 0 aromatic heterocycles. The average Bonchev–Trinajstić information content (AvgIpc) is 2.79. The number of hydrogen-bond donors (Lipinski definition) is 1. The van der Waals surface area contributed by atoms with Gasteiger partial charge in [0.2, 0.25) is 0 Å². The molecule has 0 amide bonds. The third-order valence-electron chi connectivity index (χ3n) is 3.62. The number of ether oxygens (including phenoxy) is 3. The van der Waals surface area contributed by atoms with Crippen molar-refractivity contribution in [2.24, 2.45) is 11.8 Å². The summed E-state index contributed by atoms with van der Waals surface area (Å²) >= 11 is 0. The smallest absolute Gasteiger partial charge is 0.120 e. The zero-order valence-corrected chi connectivity index (χ0v) is 11.9. The molecule has 0 saturated carbocycles. The van der Waals surface area contributed by atoms with Gasteiger partial charge in [-0.05, 0) is 18.3 Å². The van der Waals surface area contributed by atoms with Crippen molar-refractivity contribution in [3.8, 4) is 0 Å². The van der Waals surface area contributed by atoms with Gasteiger partial charge in [0.05, 0.1) is 13.2 Å². The predicted octanol–water partition coefficient (Wildman–Crippen LogP) is 1.60. The Hall–Kier alpha value is -0.160. The van der Waals surface area contributed by atoms with Crippen LogP contribution in [0, 0.1) is 11.8 Å². The second kappa shape index (κ2) is 5.45. The summed E-state index contributed by atoms with van der Waals surface area (Å²) in [7, 11) is 0. The van der Waals surface area contributed by atoms with Crippen LogP contribution in [0.5, 0.6) is 0 Å². The SMILES string of the molecule is CC(C)CO[C@@]1(CC(C)C)CO[C@@H]2[C@H](O)CO[C@@H]21. The highest BCUT2D eigenvalue weighted by Crippen LogP contribution is 2.40. The van der Waals surface area contributed by atoms with Crippen LogP contribution in [0.25, 0.3) is 0 Å². The van der Waals surface area contributed by atoms with E-state index < -0.39 is 6.10 Å². The predicted molar refractivity (Wildman–Crippen MR) is 68.5 cm³/mol. The molecule has 0 aliphatic carbocycles. The summed E-state index contributed by atoms with van der Waals surface area (Å²) in [4.78, 5) is 0. The molecule has 0 aromatic rings. The van der Waals surface area contributed by atoms with E-state index in [1.165, 1.54) is 0 Å². The summed E-state index contributed by atoms with van der Waals surface area (Å²) in [6, 6.07) is 0. The molecule has 1 N–H and O–H groups in total. The largest absolute Gasteiger partial charge is 0.388 e. The van der Waals surface area contributed by atoms with Gasteiger partial charge in [-0.25, -0.2) is 0 Å². The van der Waals surface area contributed by atoms with Crippen LogP contribution in [0.4, 0.5) is 0 Å². The van der Waals surface area contributed by atoms with E-state index in [2.05, 4.69) is 27.7 Å². The lowest BCUT2D eigenvalue weighted by Crippen LogP contribution is -2.47. The second-order valence-electron chi connectivity index (χ2n) is 6.46. The summed E-state index contributed by atoms with van der Waals surface area (Å²) in [5, 5.41) is 9.84. The minimum Gasteiger partial charge on any atom is -0.388 e. The lowest BCUT2D eigenvalue weighted by Gasteiger charge is -2.35. The number of fused-ring (bicyclic) bond motifs is 1. The Morgan fingerprint density at radius 3 is 2.56 bits per heavy atom. The average molecular weight is 258 g/mol. The quantitative estimate of drug-likeness (QED) is 0.814. The Labute approximate surface area is 110 Å². The van der Waals surface area contributed by atoms with Gasteiger partial charge in [-0.3, -0.25) is 0 Å². The van der Waals surface area contributed by atoms with Crippen LogP contribution >= 0.6 is 0 Å². The van der Waals surface area contributed by atoms with E-state index >= 15 is 0 Å². The van der Waals surface area contributed by atoms with Crippen molar-refractivity contribution in [3.05, 3.63) is 0 Å². The summed E-state index contributed by atoms with van der Waals surface area (Å²) < 4.78 is 17.6. The Kier molecular flexibility index (Phi) is 4.32. The Morgan fingerprint density at radius 1 is 1.22 bits per heavy atom. The molecule has 2 rings (SSSR count). The molecule has 0 spiro atoms. The minimum atomic E-state index is -0.508. The molecule has 2 aliphatic heterocycles. The van der Waals surface area contributed by atoms with Gasteiger partial charge >= 0.3 is 0 Å². The van der Waals surface area contributed by atoms with Gasteiger partial charge in [0, 0.05) is 6.61 Å². The summed E-state index contributed by atoms with van der Waals surface area (Å²) in [5.41, 5.74) is -0.374. The maximum atomic E-state index is 9.84. The molecule has 2 saturated heterocycles. The van der Waals surface area contributed by atoms with Crippen molar-refractivity contribution >= 4 is 0 Å². The van der Waals surface area contributed by atoms with Crippen LogP contribution in [0.3, 0.4) is 0 Å². The first-order chi connectivity index (χ1) is 8.44. The van der Waals surface area contributed by atoms with Gasteiger partial charge in [0.15, 0.2) is 0 Å². The first kappa shape index (κ1) is 14.3. The zero-order chi connectivity index (χ0) is 13.3. The molecule has 0 bridgehead atoms. The van der Waals surface area contributed by atoms with E-state index in [-0.39, 0.29) is 17.8 Å². The van der Waals surface area contributed by atoms with E-state index in [0.29, 0.717) is 31.7 Å². The monoisotopic (exact) mass is 258 g/mol. The Bertz CT molecular complexity index is 279. The van der Waals surface area contributed by atoms with Crippen LogP contribution in [0.1, 0.15) is 34.1 Å². The molecule has 0 radical (unpaired) electrons. The number of aliphatic hydroxyl groups excluding tert-OH is 1. The van der Waals surface area contributed by atoms with Crippen molar-refractivity contribution in [2.75, 3.05) is 19.8 Å². The number of hydrogen-bond acceptors (Lipinski definition) is 4. The Balaban J connectivity index is 2.10. The van der Waals surface area contributed by atoms with Gasteiger partial charge in [-0.1, -0.05) is 27.7 Å². The van der Waals surface area contributed by atoms with Crippen LogP contribution in [0.15, 0.2) is 0 Å². The molecule has 4 atom stereocenters. The molecule has 18 heavy (non-hydrogen) atoms. The van der Waals surface area contributed by atoms with Crippen molar-refractivity contribution in [1.29, 1.82) is 0 Å². The van der Waals surface area contributed by atoms with Gasteiger partial charge in [0.25, 0.3) is 0 Å². The third-order valence-corrected chi connectivity index (χ3v) is 3.62. The molecule has 4 heteroatoms. The lowest BCUT2D eigenvalue weighted by molar-refractivity contribution is -0.131. The minimum absolute atomic E-state index is 0.117. The van der Waals surface area contributed by atoms with E-state index in [4.69, 9.17) is 14.2 Å². The lowest BCUT2D eigenvalue weighted by atomic mass is 9.87. The first-order valence-corrected chi connectivity index (χ1v) is 7.00. The van der Waals surface area contributed by atoms with Gasteiger partial charge in [-0.2, -0.15) is 0 Å². The van der Waals surface area contributed by atoms with Gasteiger partial charge < -0.3 is 19.3 Å². The maximum Gasteiger partial charge on any atom is 0.120 e. The zero-order valence-electron chi connectivity index (χ0n) is 11.9. The molecule has 2 aliphatic rings. The molecule has 2 fully saturated rings. The highest BCUT2D eigenvalue weighted by molar-refractivity contribution is 5.05. The van der Waals surface area contributed by atoms with Crippen LogP contribution in [-0.4, -0.2) is 48.8 Å². The summed E-state index contributed by atoms with van der Waals surface area (Å²) in [6.45, 7) is 10.2.